The Hall–Kier alpha value is -2.48. The first-order chi connectivity index (χ1) is 12.5. The Labute approximate surface area is 154 Å². The molecule has 1 fully saturated rings. The average Bonchev–Trinajstić information content (AvgIpc) is 3.20. The van der Waals surface area contributed by atoms with Gasteiger partial charge in [-0.2, -0.15) is 5.10 Å². The normalized spacial score (nSPS) is 20.4. The summed E-state index contributed by atoms with van der Waals surface area (Å²) in [6, 6.07) is 0.567. The first kappa shape index (κ1) is 17.0. The molecule has 8 heteroatoms. The van der Waals surface area contributed by atoms with Crippen molar-refractivity contribution in [1.29, 1.82) is 0 Å². The molecule has 1 saturated carbocycles. The molecule has 0 radical (unpaired) electrons. The van der Waals surface area contributed by atoms with Crippen LogP contribution < -0.4 is 10.9 Å². The first-order valence-corrected chi connectivity index (χ1v) is 9.63. The molecule has 7 nitrogen and oxygen atoms in total. The van der Waals surface area contributed by atoms with E-state index in [-0.39, 0.29) is 17.5 Å². The number of H-pyrrole nitrogens is 1. The lowest BCUT2D eigenvalue weighted by atomic mass is 9.91. The maximum atomic E-state index is 12.7. The van der Waals surface area contributed by atoms with Crippen molar-refractivity contribution in [2.75, 3.05) is 0 Å². The second-order valence-electron chi connectivity index (χ2n) is 6.94. The highest BCUT2D eigenvalue weighted by atomic mass is 32.1. The quantitative estimate of drug-likeness (QED) is 0.740. The van der Waals surface area contributed by atoms with Crippen molar-refractivity contribution in [3.8, 4) is 0 Å². The number of aromatic amines is 1. The molecular weight excluding hydrogens is 350 g/mol. The summed E-state index contributed by atoms with van der Waals surface area (Å²) in [5, 5.41) is 8.06. The van der Waals surface area contributed by atoms with Crippen LogP contribution in [-0.2, 0) is 0 Å². The van der Waals surface area contributed by atoms with Gasteiger partial charge in [0.25, 0.3) is 11.5 Å². The van der Waals surface area contributed by atoms with Crippen LogP contribution in [0.25, 0.3) is 10.2 Å². The van der Waals surface area contributed by atoms with E-state index in [9.17, 15) is 9.59 Å². The van der Waals surface area contributed by atoms with Gasteiger partial charge in [0.15, 0.2) is 0 Å². The number of nitrogens with zero attached hydrogens (tertiary/aromatic N) is 3. The summed E-state index contributed by atoms with van der Waals surface area (Å²) >= 11 is 1.28. The second kappa shape index (κ2) is 6.68. The minimum Gasteiger partial charge on any atom is -0.349 e. The highest BCUT2D eigenvalue weighted by Gasteiger charge is 2.26. The van der Waals surface area contributed by atoms with E-state index >= 15 is 0 Å². The van der Waals surface area contributed by atoms with Crippen molar-refractivity contribution in [3.63, 3.8) is 0 Å². The maximum absolute atomic E-state index is 12.7. The number of thiophene rings is 1. The maximum Gasteiger partial charge on any atom is 0.261 e. The lowest BCUT2D eigenvalue weighted by Gasteiger charge is -2.29. The number of fused-ring (bicyclic) bond motifs is 1. The van der Waals surface area contributed by atoms with Gasteiger partial charge in [-0.1, -0.05) is 0 Å². The summed E-state index contributed by atoms with van der Waals surface area (Å²) in [5.41, 5.74) is 1.68. The average molecular weight is 371 g/mol. The van der Waals surface area contributed by atoms with E-state index in [0.717, 1.165) is 25.7 Å². The summed E-state index contributed by atoms with van der Waals surface area (Å²) in [7, 11) is 0. The zero-order valence-corrected chi connectivity index (χ0v) is 15.6. The fourth-order valence-corrected chi connectivity index (χ4v) is 4.72. The topological polar surface area (TPSA) is 92.7 Å². The molecule has 2 N–H and O–H groups in total. The monoisotopic (exact) mass is 371 g/mol. The van der Waals surface area contributed by atoms with Crippen molar-refractivity contribution in [1.82, 2.24) is 25.1 Å². The van der Waals surface area contributed by atoms with E-state index in [1.165, 1.54) is 23.2 Å². The smallest absolute Gasteiger partial charge is 0.261 e. The number of rotatable bonds is 3. The largest absolute Gasteiger partial charge is 0.349 e. The fourth-order valence-electron chi connectivity index (χ4n) is 3.66. The van der Waals surface area contributed by atoms with Crippen LogP contribution in [0.1, 0.15) is 52.5 Å². The molecule has 1 amide bonds. The van der Waals surface area contributed by atoms with Crippen LogP contribution in [0.2, 0.25) is 0 Å². The number of hydrogen-bond donors (Lipinski definition) is 2. The van der Waals surface area contributed by atoms with Crippen molar-refractivity contribution < 1.29 is 4.79 Å². The van der Waals surface area contributed by atoms with Crippen LogP contribution in [0.4, 0.5) is 0 Å². The van der Waals surface area contributed by atoms with Crippen LogP contribution in [-0.4, -0.2) is 31.7 Å². The van der Waals surface area contributed by atoms with E-state index in [2.05, 4.69) is 26.6 Å². The van der Waals surface area contributed by atoms with Gasteiger partial charge in [0.05, 0.1) is 28.8 Å². The van der Waals surface area contributed by atoms with Gasteiger partial charge in [-0.05, 0) is 50.7 Å². The Morgan fingerprint density at radius 1 is 1.31 bits per heavy atom. The number of hydrogen-bond acceptors (Lipinski definition) is 5. The van der Waals surface area contributed by atoms with Crippen molar-refractivity contribution in [2.45, 2.75) is 51.6 Å². The van der Waals surface area contributed by atoms with Crippen LogP contribution in [0.5, 0.6) is 0 Å². The van der Waals surface area contributed by atoms with E-state index in [4.69, 9.17) is 0 Å². The Balaban J connectivity index is 1.44. The van der Waals surface area contributed by atoms with Crippen molar-refractivity contribution in [3.05, 3.63) is 45.1 Å². The number of aryl methyl sites for hydroxylation is 2. The zero-order chi connectivity index (χ0) is 18.3. The molecule has 0 aromatic carbocycles. The van der Waals surface area contributed by atoms with Gasteiger partial charge in [0, 0.05) is 12.2 Å². The Kier molecular flexibility index (Phi) is 4.36. The van der Waals surface area contributed by atoms with E-state index in [1.807, 2.05) is 24.7 Å². The molecule has 0 aliphatic heterocycles. The lowest BCUT2D eigenvalue weighted by Crippen LogP contribution is -2.38. The first-order valence-electron chi connectivity index (χ1n) is 8.81. The molecule has 0 atom stereocenters. The molecule has 26 heavy (non-hydrogen) atoms. The number of aromatic nitrogens is 4. The third-order valence-corrected chi connectivity index (χ3v) is 6.27. The molecule has 3 aromatic heterocycles. The van der Waals surface area contributed by atoms with E-state index in [0.29, 0.717) is 26.7 Å². The Morgan fingerprint density at radius 2 is 2.08 bits per heavy atom. The fraction of sp³-hybridized carbons (Fsp3) is 0.444. The van der Waals surface area contributed by atoms with Crippen LogP contribution in [0, 0.1) is 13.8 Å². The van der Waals surface area contributed by atoms with Crippen LogP contribution in [0.15, 0.2) is 23.5 Å². The number of carbonyl (C=O) groups is 1. The molecule has 3 heterocycles. The SMILES string of the molecule is Cc1cnn(C2CCC(NC(=O)c3sc4nc[nH]c(=O)c4c3C)CC2)c1. The van der Waals surface area contributed by atoms with Gasteiger partial charge in [-0.15, -0.1) is 11.3 Å². The molecule has 0 spiro atoms. The molecule has 0 saturated heterocycles. The number of nitrogens with one attached hydrogen (secondary N) is 2. The molecule has 1 aliphatic carbocycles. The summed E-state index contributed by atoms with van der Waals surface area (Å²) < 4.78 is 2.04. The Morgan fingerprint density at radius 3 is 2.73 bits per heavy atom. The van der Waals surface area contributed by atoms with Gasteiger partial charge in [0.2, 0.25) is 0 Å². The van der Waals surface area contributed by atoms with Gasteiger partial charge in [0.1, 0.15) is 4.83 Å². The van der Waals surface area contributed by atoms with Gasteiger partial charge >= 0.3 is 0 Å². The lowest BCUT2D eigenvalue weighted by molar-refractivity contribution is 0.0925. The minimum absolute atomic E-state index is 0.108. The number of carbonyl (C=O) groups excluding carboxylic acids is 1. The zero-order valence-electron chi connectivity index (χ0n) is 14.8. The molecule has 3 aromatic rings. The van der Waals surface area contributed by atoms with Crippen molar-refractivity contribution in [2.24, 2.45) is 0 Å². The standard InChI is InChI=1S/C18H21N5O2S/c1-10-7-21-23(8-10)13-5-3-12(4-6-13)22-17(25)15-11(2)14-16(24)19-9-20-18(14)26-15/h7-9,12-13H,3-6H2,1-2H3,(H,22,25)(H,19,20,24). The van der Waals surface area contributed by atoms with Crippen LogP contribution >= 0.6 is 11.3 Å². The Bertz CT molecular complexity index is 1010. The minimum atomic E-state index is -0.196. The van der Waals surface area contributed by atoms with E-state index in [1.54, 1.807) is 0 Å². The predicted octanol–water partition coefficient (Wildman–Crippen LogP) is 2.71. The molecule has 4 rings (SSSR count). The molecule has 136 valence electrons. The third kappa shape index (κ3) is 3.05. The molecule has 1 aliphatic rings. The van der Waals surface area contributed by atoms with Gasteiger partial charge in [-0.25, -0.2) is 4.98 Å². The number of amides is 1. The predicted molar refractivity (Wildman–Crippen MR) is 101 cm³/mol. The summed E-state index contributed by atoms with van der Waals surface area (Å²) in [6.07, 6.45) is 9.19. The molecular formula is C18H21N5O2S. The van der Waals surface area contributed by atoms with Gasteiger partial charge in [-0.3, -0.25) is 14.3 Å². The third-order valence-electron chi connectivity index (χ3n) is 5.08. The summed E-state index contributed by atoms with van der Waals surface area (Å²) in [6.45, 7) is 3.85. The van der Waals surface area contributed by atoms with Gasteiger partial charge < -0.3 is 10.3 Å². The van der Waals surface area contributed by atoms with Crippen LogP contribution in [0.3, 0.4) is 0 Å². The highest BCUT2D eigenvalue weighted by molar-refractivity contribution is 7.20. The molecule has 0 unspecified atom stereocenters. The molecule has 0 bridgehead atoms. The summed E-state index contributed by atoms with van der Waals surface area (Å²) in [5.74, 6) is -0.108. The van der Waals surface area contributed by atoms with E-state index < -0.39 is 0 Å². The van der Waals surface area contributed by atoms with Crippen molar-refractivity contribution >= 4 is 27.5 Å². The highest BCUT2D eigenvalue weighted by Crippen LogP contribution is 2.30. The summed E-state index contributed by atoms with van der Waals surface area (Å²) in [4.78, 5) is 32.6. The second-order valence-corrected chi connectivity index (χ2v) is 7.94.